The van der Waals surface area contributed by atoms with Gasteiger partial charge < -0.3 is 4.42 Å². The second-order valence-electron chi connectivity index (χ2n) is 6.92. The molecule has 0 radical (unpaired) electrons. The van der Waals surface area contributed by atoms with Gasteiger partial charge in [-0.05, 0) is 24.3 Å². The molecule has 4 heterocycles. The Morgan fingerprint density at radius 2 is 1.80 bits per heavy atom. The minimum atomic E-state index is -0.296. The summed E-state index contributed by atoms with van der Waals surface area (Å²) in [5, 5.41) is 9.50. The van der Waals surface area contributed by atoms with E-state index in [1.165, 1.54) is 11.8 Å². The molecule has 5 aromatic rings. The van der Waals surface area contributed by atoms with Gasteiger partial charge in [-0.25, -0.2) is 9.38 Å². The summed E-state index contributed by atoms with van der Waals surface area (Å²) in [4.78, 5) is 19.5. The molecule has 3 aromatic heterocycles. The van der Waals surface area contributed by atoms with E-state index in [0.29, 0.717) is 28.9 Å². The van der Waals surface area contributed by atoms with Crippen molar-refractivity contribution in [3.8, 4) is 11.4 Å². The van der Waals surface area contributed by atoms with Crippen molar-refractivity contribution in [1.29, 1.82) is 0 Å². The molecule has 1 aliphatic heterocycles. The van der Waals surface area contributed by atoms with Crippen molar-refractivity contribution in [2.45, 2.75) is 5.37 Å². The van der Waals surface area contributed by atoms with Gasteiger partial charge in [0.25, 0.3) is 0 Å². The molecule has 30 heavy (non-hydrogen) atoms. The van der Waals surface area contributed by atoms with E-state index in [9.17, 15) is 4.79 Å². The number of hydrogen-bond acceptors (Lipinski definition) is 6. The van der Waals surface area contributed by atoms with Crippen LogP contribution < -0.4 is 4.90 Å². The zero-order valence-electron chi connectivity index (χ0n) is 15.7. The van der Waals surface area contributed by atoms with Crippen LogP contribution in [0.5, 0.6) is 0 Å². The van der Waals surface area contributed by atoms with Crippen molar-refractivity contribution in [2.75, 3.05) is 10.7 Å². The molecular formula is C22H15N5O2S. The number of anilines is 1. The molecule has 1 fully saturated rings. The first-order valence-electron chi connectivity index (χ1n) is 9.47. The average molecular weight is 413 g/mol. The van der Waals surface area contributed by atoms with Crippen molar-refractivity contribution in [3.63, 3.8) is 0 Å². The van der Waals surface area contributed by atoms with E-state index >= 15 is 0 Å². The van der Waals surface area contributed by atoms with Crippen molar-refractivity contribution >= 4 is 40.2 Å². The van der Waals surface area contributed by atoms with Gasteiger partial charge in [0, 0.05) is 10.9 Å². The molecule has 0 spiro atoms. The number of thioether (sulfide) groups is 1. The number of carbonyl (C=O) groups excluding carboxylic acids is 1. The molecule has 1 atom stereocenters. The van der Waals surface area contributed by atoms with Gasteiger partial charge in [-0.3, -0.25) is 9.69 Å². The van der Waals surface area contributed by atoms with E-state index in [-0.39, 0.29) is 11.3 Å². The zero-order valence-corrected chi connectivity index (χ0v) is 16.5. The van der Waals surface area contributed by atoms with Gasteiger partial charge in [0.1, 0.15) is 17.0 Å². The average Bonchev–Trinajstić information content (AvgIpc) is 3.53. The highest BCUT2D eigenvalue weighted by Crippen LogP contribution is 2.42. The first-order chi connectivity index (χ1) is 14.8. The molecule has 6 rings (SSSR count). The zero-order chi connectivity index (χ0) is 20.1. The predicted octanol–water partition coefficient (Wildman–Crippen LogP) is 4.32. The van der Waals surface area contributed by atoms with E-state index < -0.39 is 0 Å². The van der Waals surface area contributed by atoms with Crippen LogP contribution in [0.15, 0.2) is 77.4 Å². The molecule has 1 amide bonds. The number of rotatable bonds is 3. The summed E-state index contributed by atoms with van der Waals surface area (Å²) in [5.74, 6) is 2.15. The maximum Gasteiger partial charge on any atom is 0.241 e. The van der Waals surface area contributed by atoms with E-state index in [1.807, 2.05) is 71.1 Å². The number of aromatic nitrogens is 4. The Bertz CT molecular complexity index is 1380. The van der Waals surface area contributed by atoms with Crippen molar-refractivity contribution in [3.05, 3.63) is 78.8 Å². The van der Waals surface area contributed by atoms with Gasteiger partial charge in [-0.15, -0.1) is 22.0 Å². The normalized spacial score (nSPS) is 16.7. The second-order valence-corrected chi connectivity index (χ2v) is 7.99. The number of furan rings is 1. The molecule has 7 nitrogen and oxygen atoms in total. The molecule has 8 heteroatoms. The minimum Gasteiger partial charge on any atom is -0.466 e. The largest absolute Gasteiger partial charge is 0.466 e. The lowest BCUT2D eigenvalue weighted by molar-refractivity contribution is -0.116. The Balaban J connectivity index is 1.66. The number of benzene rings is 2. The Kier molecular flexibility index (Phi) is 3.85. The van der Waals surface area contributed by atoms with Crippen LogP contribution in [-0.4, -0.2) is 31.2 Å². The molecule has 2 aromatic carbocycles. The number of carbonyl (C=O) groups is 1. The van der Waals surface area contributed by atoms with Crippen LogP contribution in [0.25, 0.3) is 27.9 Å². The third-order valence-electron chi connectivity index (χ3n) is 5.13. The fraction of sp³-hybridized carbons (Fsp3) is 0.0909. The first kappa shape index (κ1) is 17.2. The van der Waals surface area contributed by atoms with Crippen molar-refractivity contribution < 1.29 is 9.21 Å². The van der Waals surface area contributed by atoms with Crippen LogP contribution in [0.1, 0.15) is 11.1 Å². The van der Waals surface area contributed by atoms with Crippen LogP contribution in [0.3, 0.4) is 0 Å². The lowest BCUT2D eigenvalue weighted by Crippen LogP contribution is -2.29. The summed E-state index contributed by atoms with van der Waals surface area (Å²) in [7, 11) is 0. The third kappa shape index (κ3) is 2.54. The minimum absolute atomic E-state index is 0.0390. The Hall–Kier alpha value is -3.65. The number of amides is 1. The fourth-order valence-electron chi connectivity index (χ4n) is 3.79. The van der Waals surface area contributed by atoms with E-state index in [0.717, 1.165) is 16.5 Å². The number of para-hydroxylation sites is 1. The number of nitrogens with zero attached hydrogens (tertiary/aromatic N) is 5. The smallest absolute Gasteiger partial charge is 0.241 e. The highest BCUT2D eigenvalue weighted by atomic mass is 32.2. The van der Waals surface area contributed by atoms with Gasteiger partial charge in [0.2, 0.25) is 11.9 Å². The quantitative estimate of drug-likeness (QED) is 0.439. The number of fused-ring (bicyclic) bond motifs is 3. The predicted molar refractivity (Wildman–Crippen MR) is 115 cm³/mol. The monoisotopic (exact) mass is 413 g/mol. The van der Waals surface area contributed by atoms with Crippen LogP contribution in [0.2, 0.25) is 0 Å². The van der Waals surface area contributed by atoms with Crippen LogP contribution in [0, 0.1) is 0 Å². The third-order valence-corrected chi connectivity index (χ3v) is 6.30. The summed E-state index contributed by atoms with van der Waals surface area (Å²) in [6, 6.07) is 21.4. The topological polar surface area (TPSA) is 76.5 Å². The summed E-state index contributed by atoms with van der Waals surface area (Å²) in [5.41, 5.74) is 2.41. The summed E-state index contributed by atoms with van der Waals surface area (Å²) < 4.78 is 7.48. The first-order valence-corrected chi connectivity index (χ1v) is 10.5. The van der Waals surface area contributed by atoms with E-state index in [4.69, 9.17) is 9.40 Å². The number of hydrogen-bond donors (Lipinski definition) is 0. The van der Waals surface area contributed by atoms with E-state index in [2.05, 4.69) is 10.2 Å². The van der Waals surface area contributed by atoms with E-state index in [1.54, 1.807) is 11.2 Å². The maximum atomic E-state index is 12.9. The molecule has 0 N–H and O–H groups in total. The molecular weight excluding hydrogens is 398 g/mol. The summed E-state index contributed by atoms with van der Waals surface area (Å²) >= 11 is 1.51. The maximum absolute atomic E-state index is 12.9. The molecule has 1 unspecified atom stereocenters. The van der Waals surface area contributed by atoms with Crippen LogP contribution in [0.4, 0.5) is 5.95 Å². The molecule has 0 aliphatic carbocycles. The Morgan fingerprint density at radius 3 is 2.63 bits per heavy atom. The highest BCUT2D eigenvalue weighted by molar-refractivity contribution is 8.00. The van der Waals surface area contributed by atoms with Gasteiger partial charge in [-0.2, -0.15) is 0 Å². The molecule has 0 bridgehead atoms. The molecule has 146 valence electrons. The van der Waals surface area contributed by atoms with Crippen molar-refractivity contribution in [1.82, 2.24) is 19.6 Å². The molecule has 0 saturated carbocycles. The van der Waals surface area contributed by atoms with Gasteiger partial charge in [0.15, 0.2) is 5.65 Å². The second kappa shape index (κ2) is 6.70. The Labute approximate surface area is 175 Å². The highest BCUT2D eigenvalue weighted by Gasteiger charge is 2.39. The lowest BCUT2D eigenvalue weighted by atomic mass is 10.2. The van der Waals surface area contributed by atoms with Crippen molar-refractivity contribution in [2.24, 2.45) is 0 Å². The van der Waals surface area contributed by atoms with Gasteiger partial charge in [0.05, 0.1) is 17.5 Å². The Morgan fingerprint density at radius 1 is 0.967 bits per heavy atom. The standard InChI is InChI=1S/C22H15N5O2S/c28-18-13-30-21(17-11-6-12-29-17)26(18)22-25-24-20-15-9-4-5-10-16(15)23-19(27(20)22)14-7-2-1-3-8-14/h1-12,21H,13H2. The molecule has 1 saturated heterocycles. The molecule has 1 aliphatic rings. The fourth-order valence-corrected chi connectivity index (χ4v) is 4.89. The SMILES string of the molecule is O=C1CSC(c2ccco2)N1c1nnc2c3ccccc3nc(-c3ccccc3)n12. The van der Waals surface area contributed by atoms with Crippen LogP contribution >= 0.6 is 11.8 Å². The van der Waals surface area contributed by atoms with Crippen LogP contribution in [-0.2, 0) is 4.79 Å². The lowest BCUT2D eigenvalue weighted by Gasteiger charge is -2.21. The summed E-state index contributed by atoms with van der Waals surface area (Å²) in [6.45, 7) is 0. The van der Waals surface area contributed by atoms with Gasteiger partial charge in [-0.1, -0.05) is 42.5 Å². The summed E-state index contributed by atoms with van der Waals surface area (Å²) in [6.07, 6.45) is 1.61. The van der Waals surface area contributed by atoms with Gasteiger partial charge >= 0.3 is 0 Å².